The Hall–Kier alpha value is -2.35. The molecule has 108 valence electrons. The summed E-state index contributed by atoms with van der Waals surface area (Å²) >= 11 is 0. The van der Waals surface area contributed by atoms with E-state index < -0.39 is 0 Å². The van der Waals surface area contributed by atoms with Crippen molar-refractivity contribution in [3.63, 3.8) is 0 Å². The van der Waals surface area contributed by atoms with Gasteiger partial charge in [-0.2, -0.15) is 0 Å². The van der Waals surface area contributed by atoms with Crippen LogP contribution in [-0.4, -0.2) is 10.8 Å². The first-order valence-corrected chi connectivity index (χ1v) is 7.16. The van der Waals surface area contributed by atoms with Gasteiger partial charge in [0.05, 0.1) is 6.04 Å². The Labute approximate surface area is 126 Å². The summed E-state index contributed by atoms with van der Waals surface area (Å²) in [5.41, 5.74) is 3.44. The molecule has 2 aromatic carbocycles. The number of nitrogens with zero attached hydrogens (tertiary/aromatic N) is 1. The number of carbonyl (C=O) groups excluding carboxylic acids is 1. The summed E-state index contributed by atoms with van der Waals surface area (Å²) in [7, 11) is 0. The standard InChI is InChI=1S/C19H21NO/c1-15-9-11-19(12-10-15)16(2)20(17(3)21)14-13-18-7-5-4-6-8-18/h4-14,16H,1-3H3. The fourth-order valence-corrected chi connectivity index (χ4v) is 2.24. The third-order valence-electron chi connectivity index (χ3n) is 3.57. The van der Waals surface area contributed by atoms with Crippen LogP contribution in [0.1, 0.15) is 36.6 Å². The van der Waals surface area contributed by atoms with Gasteiger partial charge in [-0.05, 0) is 31.1 Å². The molecule has 21 heavy (non-hydrogen) atoms. The van der Waals surface area contributed by atoms with Crippen LogP contribution < -0.4 is 0 Å². The SMILES string of the molecule is CC(=O)N(C=Cc1ccccc1)C(C)c1ccc(C)cc1. The highest BCUT2D eigenvalue weighted by Gasteiger charge is 2.15. The van der Waals surface area contributed by atoms with E-state index in [9.17, 15) is 4.79 Å². The molecule has 0 radical (unpaired) electrons. The van der Waals surface area contributed by atoms with Crippen molar-refractivity contribution in [2.75, 3.05) is 0 Å². The Morgan fingerprint density at radius 1 is 1.05 bits per heavy atom. The predicted molar refractivity (Wildman–Crippen MR) is 87.6 cm³/mol. The molecule has 0 saturated carbocycles. The topological polar surface area (TPSA) is 20.3 Å². The first kappa shape index (κ1) is 15.0. The molecule has 0 fully saturated rings. The summed E-state index contributed by atoms with van der Waals surface area (Å²) in [5, 5.41) is 0. The minimum Gasteiger partial charge on any atom is -0.312 e. The second-order valence-electron chi connectivity index (χ2n) is 5.24. The number of carbonyl (C=O) groups is 1. The second-order valence-corrected chi connectivity index (χ2v) is 5.24. The highest BCUT2D eigenvalue weighted by Crippen LogP contribution is 2.21. The molecule has 0 aliphatic heterocycles. The highest BCUT2D eigenvalue weighted by molar-refractivity contribution is 5.76. The quantitative estimate of drug-likeness (QED) is 0.802. The predicted octanol–water partition coefficient (Wildman–Crippen LogP) is 4.58. The third-order valence-corrected chi connectivity index (χ3v) is 3.57. The van der Waals surface area contributed by atoms with E-state index in [-0.39, 0.29) is 11.9 Å². The molecule has 0 heterocycles. The maximum atomic E-state index is 11.9. The van der Waals surface area contributed by atoms with Crippen LogP contribution >= 0.6 is 0 Å². The van der Waals surface area contributed by atoms with Crippen molar-refractivity contribution in [3.8, 4) is 0 Å². The lowest BCUT2D eigenvalue weighted by Gasteiger charge is -2.25. The maximum absolute atomic E-state index is 11.9. The van der Waals surface area contributed by atoms with E-state index in [2.05, 4.69) is 31.2 Å². The number of benzene rings is 2. The molecule has 1 amide bonds. The smallest absolute Gasteiger partial charge is 0.223 e. The van der Waals surface area contributed by atoms with Crippen LogP contribution in [0.15, 0.2) is 60.8 Å². The van der Waals surface area contributed by atoms with E-state index in [1.807, 2.05) is 49.5 Å². The number of aryl methyl sites for hydroxylation is 1. The zero-order valence-electron chi connectivity index (χ0n) is 12.8. The molecule has 0 N–H and O–H groups in total. The Balaban J connectivity index is 2.20. The van der Waals surface area contributed by atoms with Crippen molar-refractivity contribution in [3.05, 3.63) is 77.5 Å². The summed E-state index contributed by atoms with van der Waals surface area (Å²) in [6.45, 7) is 5.70. The molecule has 0 bridgehead atoms. The van der Waals surface area contributed by atoms with Crippen molar-refractivity contribution in [1.82, 2.24) is 4.90 Å². The zero-order chi connectivity index (χ0) is 15.2. The fraction of sp³-hybridized carbons (Fsp3) is 0.211. The summed E-state index contributed by atoms with van der Waals surface area (Å²) < 4.78 is 0. The largest absolute Gasteiger partial charge is 0.312 e. The van der Waals surface area contributed by atoms with E-state index in [4.69, 9.17) is 0 Å². The fourth-order valence-electron chi connectivity index (χ4n) is 2.24. The summed E-state index contributed by atoms with van der Waals surface area (Å²) in [6.07, 6.45) is 3.83. The lowest BCUT2D eigenvalue weighted by atomic mass is 10.1. The molecule has 1 atom stereocenters. The minimum atomic E-state index is 0.0167. The van der Waals surface area contributed by atoms with E-state index in [0.29, 0.717) is 0 Å². The Bertz CT molecular complexity index is 614. The molecule has 0 aliphatic rings. The van der Waals surface area contributed by atoms with E-state index in [0.717, 1.165) is 11.1 Å². The van der Waals surface area contributed by atoms with Gasteiger partial charge in [0.15, 0.2) is 0 Å². The second kappa shape index (κ2) is 6.89. The molecule has 0 aromatic heterocycles. The first-order valence-electron chi connectivity index (χ1n) is 7.16. The number of amides is 1. The summed E-state index contributed by atoms with van der Waals surface area (Å²) in [6, 6.07) is 18.3. The molecule has 2 nitrogen and oxygen atoms in total. The van der Waals surface area contributed by atoms with Gasteiger partial charge in [0.25, 0.3) is 0 Å². The lowest BCUT2D eigenvalue weighted by molar-refractivity contribution is -0.127. The van der Waals surface area contributed by atoms with Gasteiger partial charge in [-0.3, -0.25) is 4.79 Å². The van der Waals surface area contributed by atoms with E-state index in [1.54, 1.807) is 11.8 Å². The van der Waals surface area contributed by atoms with Gasteiger partial charge in [-0.15, -0.1) is 0 Å². The van der Waals surface area contributed by atoms with Crippen molar-refractivity contribution < 1.29 is 4.79 Å². The summed E-state index contributed by atoms with van der Waals surface area (Å²) in [4.78, 5) is 13.7. The monoisotopic (exact) mass is 279 g/mol. The van der Waals surface area contributed by atoms with Gasteiger partial charge in [0.2, 0.25) is 5.91 Å². The van der Waals surface area contributed by atoms with Gasteiger partial charge in [0.1, 0.15) is 0 Å². The molecule has 0 aliphatic carbocycles. The molecular weight excluding hydrogens is 258 g/mol. The number of hydrogen-bond acceptors (Lipinski definition) is 1. The van der Waals surface area contributed by atoms with Crippen LogP contribution in [0.25, 0.3) is 6.08 Å². The van der Waals surface area contributed by atoms with Crippen LogP contribution in [0.4, 0.5) is 0 Å². The number of rotatable bonds is 4. The van der Waals surface area contributed by atoms with E-state index >= 15 is 0 Å². The average Bonchev–Trinajstić information content (AvgIpc) is 2.48. The molecule has 1 unspecified atom stereocenters. The third kappa shape index (κ3) is 4.06. The Morgan fingerprint density at radius 2 is 1.67 bits per heavy atom. The van der Waals surface area contributed by atoms with Gasteiger partial charge < -0.3 is 4.90 Å². The van der Waals surface area contributed by atoms with Crippen molar-refractivity contribution in [1.29, 1.82) is 0 Å². The molecule has 2 heteroatoms. The molecular formula is C19H21NO. The van der Waals surface area contributed by atoms with Crippen molar-refractivity contribution in [2.24, 2.45) is 0 Å². The van der Waals surface area contributed by atoms with Crippen LogP contribution in [0.3, 0.4) is 0 Å². The molecule has 2 rings (SSSR count). The van der Waals surface area contributed by atoms with Gasteiger partial charge in [-0.25, -0.2) is 0 Å². The highest BCUT2D eigenvalue weighted by atomic mass is 16.2. The Morgan fingerprint density at radius 3 is 2.24 bits per heavy atom. The van der Waals surface area contributed by atoms with E-state index in [1.165, 1.54) is 5.56 Å². The maximum Gasteiger partial charge on any atom is 0.223 e. The summed E-state index contributed by atoms with van der Waals surface area (Å²) in [5.74, 6) is 0.0373. The average molecular weight is 279 g/mol. The Kier molecular flexibility index (Phi) is 4.94. The number of hydrogen-bond donors (Lipinski definition) is 0. The zero-order valence-corrected chi connectivity index (χ0v) is 12.8. The normalized spacial score (nSPS) is 12.3. The van der Waals surface area contributed by atoms with Crippen molar-refractivity contribution >= 4 is 12.0 Å². The van der Waals surface area contributed by atoms with Gasteiger partial charge >= 0.3 is 0 Å². The van der Waals surface area contributed by atoms with Crippen LogP contribution in [-0.2, 0) is 4.79 Å². The van der Waals surface area contributed by atoms with Gasteiger partial charge in [-0.1, -0.05) is 60.2 Å². The van der Waals surface area contributed by atoms with Gasteiger partial charge in [0, 0.05) is 13.1 Å². The van der Waals surface area contributed by atoms with Crippen LogP contribution in [0, 0.1) is 6.92 Å². The first-order chi connectivity index (χ1) is 10.1. The molecule has 2 aromatic rings. The molecule has 0 spiro atoms. The van der Waals surface area contributed by atoms with Crippen LogP contribution in [0.2, 0.25) is 0 Å². The molecule has 0 saturated heterocycles. The van der Waals surface area contributed by atoms with Crippen LogP contribution in [0.5, 0.6) is 0 Å². The lowest BCUT2D eigenvalue weighted by Crippen LogP contribution is -2.26. The minimum absolute atomic E-state index is 0.0167. The van der Waals surface area contributed by atoms with Crippen molar-refractivity contribution in [2.45, 2.75) is 26.8 Å².